The Kier molecular flexibility index (Phi) is 5.40. The third-order valence-electron chi connectivity index (χ3n) is 3.50. The number of hydrogen-bond donors (Lipinski definition) is 1. The van der Waals surface area contributed by atoms with Crippen molar-refractivity contribution in [2.24, 2.45) is 11.7 Å². The van der Waals surface area contributed by atoms with Crippen molar-refractivity contribution in [3.8, 4) is 0 Å². The molecule has 100 valence electrons. The lowest BCUT2D eigenvalue weighted by Gasteiger charge is -2.31. The molecule has 0 heterocycles. The van der Waals surface area contributed by atoms with Crippen LogP contribution in [0.15, 0.2) is 0 Å². The zero-order chi connectivity index (χ0) is 12.9. The van der Waals surface area contributed by atoms with Crippen LogP contribution in [0.5, 0.6) is 0 Å². The van der Waals surface area contributed by atoms with Crippen molar-refractivity contribution in [1.82, 2.24) is 0 Å². The molecule has 2 N–H and O–H groups in total. The Morgan fingerprint density at radius 1 is 1.53 bits per heavy atom. The van der Waals surface area contributed by atoms with Crippen LogP contribution in [0.4, 0.5) is 0 Å². The molecule has 3 atom stereocenters. The topological polar surface area (TPSA) is 61.5 Å². The molecule has 1 aliphatic rings. The van der Waals surface area contributed by atoms with Crippen LogP contribution >= 0.6 is 0 Å². The Bertz CT molecular complexity index is 257. The summed E-state index contributed by atoms with van der Waals surface area (Å²) in [6.07, 6.45) is 3.18. The van der Waals surface area contributed by atoms with Gasteiger partial charge >= 0.3 is 5.97 Å². The maximum Gasteiger partial charge on any atom is 0.335 e. The molecule has 0 saturated heterocycles. The maximum absolute atomic E-state index is 11.7. The van der Waals surface area contributed by atoms with Gasteiger partial charge in [-0.3, -0.25) is 0 Å². The monoisotopic (exact) mass is 243 g/mol. The van der Waals surface area contributed by atoms with E-state index in [2.05, 4.69) is 6.92 Å². The summed E-state index contributed by atoms with van der Waals surface area (Å²) in [7, 11) is 0. The van der Waals surface area contributed by atoms with Crippen molar-refractivity contribution >= 4 is 5.97 Å². The van der Waals surface area contributed by atoms with Crippen LogP contribution in [0, 0.1) is 5.92 Å². The van der Waals surface area contributed by atoms with Gasteiger partial charge in [-0.25, -0.2) is 4.79 Å². The standard InChI is InChI=1S/C13H25NO3/c1-4-11(12(15)16-5-2)17-13(9-14)7-6-10(3)8-13/h10-11H,4-9,14H2,1-3H3. The predicted molar refractivity (Wildman–Crippen MR) is 66.6 cm³/mol. The fourth-order valence-electron chi connectivity index (χ4n) is 2.52. The second kappa shape index (κ2) is 6.36. The van der Waals surface area contributed by atoms with Crippen LogP contribution in [0.2, 0.25) is 0 Å². The van der Waals surface area contributed by atoms with Crippen LogP contribution in [0.25, 0.3) is 0 Å². The van der Waals surface area contributed by atoms with Crippen molar-refractivity contribution in [2.75, 3.05) is 13.2 Å². The second-order valence-electron chi connectivity index (χ2n) is 5.00. The Morgan fingerprint density at radius 3 is 2.65 bits per heavy atom. The van der Waals surface area contributed by atoms with Gasteiger partial charge in [0.1, 0.15) is 0 Å². The lowest BCUT2D eigenvalue weighted by atomic mass is 10.00. The van der Waals surface area contributed by atoms with E-state index in [1.807, 2.05) is 6.92 Å². The first kappa shape index (κ1) is 14.5. The highest BCUT2D eigenvalue weighted by Crippen LogP contribution is 2.37. The van der Waals surface area contributed by atoms with Crippen LogP contribution in [-0.2, 0) is 14.3 Å². The van der Waals surface area contributed by atoms with Crippen LogP contribution in [0.3, 0.4) is 0 Å². The summed E-state index contributed by atoms with van der Waals surface area (Å²) in [4.78, 5) is 11.7. The lowest BCUT2D eigenvalue weighted by molar-refractivity contribution is -0.169. The summed E-state index contributed by atoms with van der Waals surface area (Å²) >= 11 is 0. The van der Waals surface area contributed by atoms with Gasteiger partial charge in [-0.1, -0.05) is 13.8 Å². The van der Waals surface area contributed by atoms with Gasteiger partial charge in [0.15, 0.2) is 6.10 Å². The highest BCUT2D eigenvalue weighted by Gasteiger charge is 2.40. The van der Waals surface area contributed by atoms with Gasteiger partial charge in [-0.15, -0.1) is 0 Å². The number of hydrogen-bond acceptors (Lipinski definition) is 4. The molecule has 4 heteroatoms. The Morgan fingerprint density at radius 2 is 2.24 bits per heavy atom. The third kappa shape index (κ3) is 3.68. The maximum atomic E-state index is 11.7. The zero-order valence-corrected chi connectivity index (χ0v) is 11.2. The van der Waals surface area contributed by atoms with Crippen LogP contribution < -0.4 is 5.73 Å². The molecule has 0 aromatic carbocycles. The fourth-order valence-corrected chi connectivity index (χ4v) is 2.52. The molecular weight excluding hydrogens is 218 g/mol. The quantitative estimate of drug-likeness (QED) is 0.723. The number of nitrogens with two attached hydrogens (primary N) is 1. The van der Waals surface area contributed by atoms with E-state index in [0.29, 0.717) is 25.5 Å². The van der Waals surface area contributed by atoms with E-state index in [1.54, 1.807) is 6.92 Å². The van der Waals surface area contributed by atoms with E-state index in [1.165, 1.54) is 0 Å². The number of rotatable bonds is 6. The second-order valence-corrected chi connectivity index (χ2v) is 5.00. The van der Waals surface area contributed by atoms with Gasteiger partial charge in [0.05, 0.1) is 12.2 Å². The Hall–Kier alpha value is -0.610. The summed E-state index contributed by atoms with van der Waals surface area (Å²) in [6, 6.07) is 0. The highest BCUT2D eigenvalue weighted by molar-refractivity contribution is 5.74. The van der Waals surface area contributed by atoms with Gasteiger partial charge in [-0.05, 0) is 38.5 Å². The molecule has 1 rings (SSSR count). The molecule has 0 radical (unpaired) electrons. The molecule has 0 amide bonds. The minimum absolute atomic E-state index is 0.262. The fraction of sp³-hybridized carbons (Fsp3) is 0.923. The van der Waals surface area contributed by atoms with Gasteiger partial charge in [0, 0.05) is 6.54 Å². The number of esters is 1. The number of ether oxygens (including phenoxy) is 2. The predicted octanol–water partition coefficient (Wildman–Crippen LogP) is 1.86. The van der Waals surface area contributed by atoms with Gasteiger partial charge in [-0.2, -0.15) is 0 Å². The largest absolute Gasteiger partial charge is 0.464 e. The third-order valence-corrected chi connectivity index (χ3v) is 3.50. The van der Waals surface area contributed by atoms with Gasteiger partial charge in [0.2, 0.25) is 0 Å². The summed E-state index contributed by atoms with van der Waals surface area (Å²) in [6.45, 7) is 6.81. The van der Waals surface area contributed by atoms with E-state index in [-0.39, 0.29) is 11.6 Å². The Labute approximate surface area is 104 Å². The zero-order valence-electron chi connectivity index (χ0n) is 11.2. The van der Waals surface area contributed by atoms with E-state index < -0.39 is 6.10 Å². The molecule has 0 spiro atoms. The van der Waals surface area contributed by atoms with Crippen LogP contribution in [-0.4, -0.2) is 30.8 Å². The SMILES string of the molecule is CCOC(=O)C(CC)OC1(CN)CCC(C)C1. The molecule has 0 aromatic heterocycles. The number of carbonyl (C=O) groups excluding carboxylic acids is 1. The minimum Gasteiger partial charge on any atom is -0.464 e. The summed E-state index contributed by atoms with van der Waals surface area (Å²) in [5.74, 6) is 0.362. The smallest absolute Gasteiger partial charge is 0.335 e. The molecule has 3 unspecified atom stereocenters. The first-order valence-corrected chi connectivity index (χ1v) is 6.61. The molecular formula is C13H25NO3. The van der Waals surface area contributed by atoms with Crippen molar-refractivity contribution in [2.45, 2.75) is 58.2 Å². The molecule has 1 saturated carbocycles. The molecule has 0 bridgehead atoms. The van der Waals surface area contributed by atoms with Gasteiger partial charge < -0.3 is 15.2 Å². The van der Waals surface area contributed by atoms with Gasteiger partial charge in [0.25, 0.3) is 0 Å². The lowest BCUT2D eigenvalue weighted by Crippen LogP contribution is -2.44. The first-order valence-electron chi connectivity index (χ1n) is 6.61. The van der Waals surface area contributed by atoms with Crippen molar-refractivity contribution in [1.29, 1.82) is 0 Å². The van der Waals surface area contributed by atoms with Crippen LogP contribution in [0.1, 0.15) is 46.5 Å². The minimum atomic E-state index is -0.469. The van der Waals surface area contributed by atoms with E-state index in [9.17, 15) is 4.79 Å². The average molecular weight is 243 g/mol. The molecule has 17 heavy (non-hydrogen) atoms. The molecule has 1 aliphatic carbocycles. The van der Waals surface area contributed by atoms with Crippen molar-refractivity contribution in [3.63, 3.8) is 0 Å². The van der Waals surface area contributed by atoms with E-state index in [4.69, 9.17) is 15.2 Å². The molecule has 4 nitrogen and oxygen atoms in total. The van der Waals surface area contributed by atoms with E-state index in [0.717, 1.165) is 19.3 Å². The first-order chi connectivity index (χ1) is 8.06. The summed E-state index contributed by atoms with van der Waals surface area (Å²) < 4.78 is 11.0. The Balaban J connectivity index is 2.62. The summed E-state index contributed by atoms with van der Waals surface area (Å²) in [5, 5.41) is 0. The molecule has 1 fully saturated rings. The number of carbonyl (C=O) groups is 1. The molecule has 0 aliphatic heterocycles. The molecule has 0 aromatic rings. The normalized spacial score (nSPS) is 30.2. The highest BCUT2D eigenvalue weighted by atomic mass is 16.6. The van der Waals surface area contributed by atoms with Crippen molar-refractivity contribution < 1.29 is 14.3 Å². The average Bonchev–Trinajstić information content (AvgIpc) is 2.69. The summed E-state index contributed by atoms with van der Waals surface area (Å²) in [5.41, 5.74) is 5.52. The van der Waals surface area contributed by atoms with Crippen molar-refractivity contribution in [3.05, 3.63) is 0 Å². The van der Waals surface area contributed by atoms with E-state index >= 15 is 0 Å².